The van der Waals surface area contributed by atoms with Crippen LogP contribution in [0, 0.1) is 23.0 Å². The lowest BCUT2D eigenvalue weighted by atomic mass is 10.0. The molecule has 0 bridgehead atoms. The van der Waals surface area contributed by atoms with Gasteiger partial charge in [0.15, 0.2) is 0 Å². The summed E-state index contributed by atoms with van der Waals surface area (Å²) in [6.07, 6.45) is 1.32. The van der Waals surface area contributed by atoms with E-state index in [9.17, 15) is 8.78 Å². The van der Waals surface area contributed by atoms with Crippen LogP contribution in [-0.4, -0.2) is 0 Å². The van der Waals surface area contributed by atoms with Crippen molar-refractivity contribution in [2.45, 2.75) is 0 Å². The van der Waals surface area contributed by atoms with Gasteiger partial charge in [-0.1, -0.05) is 12.1 Å². The minimum atomic E-state index is -0.370. The number of rotatable bonds is 0. The maximum atomic E-state index is 13.3. The molecule has 18 heavy (non-hydrogen) atoms. The first-order valence-electron chi connectivity index (χ1n) is 5.40. The summed E-state index contributed by atoms with van der Waals surface area (Å²) in [6.45, 7) is 0. The fraction of sp³-hybridized carbons (Fsp3) is 0. The monoisotopic (exact) mass is 239 g/mol. The van der Waals surface area contributed by atoms with Gasteiger partial charge in [0, 0.05) is 11.6 Å². The molecule has 0 aliphatic heterocycles. The molecule has 0 unspecified atom stereocenters. The van der Waals surface area contributed by atoms with Crippen molar-refractivity contribution in [2.24, 2.45) is 0 Å². The molecule has 0 N–H and O–H groups in total. The Morgan fingerprint density at radius 3 is 1.78 bits per heavy atom. The summed E-state index contributed by atoms with van der Waals surface area (Å²) in [5, 5.41) is 8.80. The Bertz CT molecular complexity index is 670. The lowest BCUT2D eigenvalue weighted by Gasteiger charge is -1.99. The van der Waals surface area contributed by atoms with Gasteiger partial charge in [-0.15, -0.1) is 0 Å². The highest BCUT2D eigenvalue weighted by atomic mass is 19.1. The third-order valence-corrected chi connectivity index (χ3v) is 3.04. The zero-order chi connectivity index (χ0) is 12.7. The molecule has 0 atom stereocenters. The van der Waals surface area contributed by atoms with Gasteiger partial charge in [0.2, 0.25) is 0 Å². The molecule has 0 saturated carbocycles. The molecule has 0 amide bonds. The molecule has 3 heteroatoms. The van der Waals surface area contributed by atoms with Crippen molar-refractivity contribution in [3.63, 3.8) is 0 Å². The summed E-state index contributed by atoms with van der Waals surface area (Å²) >= 11 is 0. The Kier molecular flexibility index (Phi) is 2.24. The molecule has 0 heterocycles. The van der Waals surface area contributed by atoms with Crippen molar-refractivity contribution in [1.29, 1.82) is 5.26 Å². The van der Waals surface area contributed by atoms with Gasteiger partial charge in [0.25, 0.3) is 0 Å². The number of fused-ring (bicyclic) bond motifs is 3. The highest BCUT2D eigenvalue weighted by molar-refractivity contribution is 6.01. The third kappa shape index (κ3) is 1.43. The van der Waals surface area contributed by atoms with E-state index in [0.717, 1.165) is 11.1 Å². The molecule has 86 valence electrons. The van der Waals surface area contributed by atoms with Gasteiger partial charge in [-0.05, 0) is 46.5 Å². The lowest BCUT2D eigenvalue weighted by molar-refractivity contribution is 0.627. The highest BCUT2D eigenvalue weighted by Crippen LogP contribution is 2.44. The van der Waals surface area contributed by atoms with Gasteiger partial charge in [-0.2, -0.15) is 5.26 Å². The van der Waals surface area contributed by atoms with Crippen LogP contribution in [0.5, 0.6) is 0 Å². The maximum absolute atomic E-state index is 13.3. The minimum Gasteiger partial charge on any atom is -0.207 e. The lowest BCUT2D eigenvalue weighted by Crippen LogP contribution is -1.83. The number of benzene rings is 2. The Morgan fingerprint density at radius 2 is 1.33 bits per heavy atom. The molecule has 0 fully saturated rings. The van der Waals surface area contributed by atoms with Crippen molar-refractivity contribution in [1.82, 2.24) is 0 Å². The van der Waals surface area contributed by atoms with Gasteiger partial charge in [0.05, 0.1) is 6.07 Å². The second-order valence-corrected chi connectivity index (χ2v) is 4.07. The molecule has 3 rings (SSSR count). The van der Waals surface area contributed by atoms with Crippen LogP contribution < -0.4 is 0 Å². The molecule has 0 aromatic heterocycles. The van der Waals surface area contributed by atoms with Gasteiger partial charge < -0.3 is 0 Å². The molecule has 1 nitrogen and oxygen atoms in total. The predicted octanol–water partition coefficient (Wildman–Crippen LogP) is 3.90. The van der Waals surface area contributed by atoms with Crippen molar-refractivity contribution in [3.05, 3.63) is 65.2 Å². The van der Waals surface area contributed by atoms with E-state index < -0.39 is 0 Å². The molecule has 1 aliphatic rings. The highest BCUT2D eigenvalue weighted by Gasteiger charge is 2.24. The van der Waals surface area contributed by atoms with E-state index in [2.05, 4.69) is 0 Å². The van der Waals surface area contributed by atoms with E-state index >= 15 is 0 Å². The van der Waals surface area contributed by atoms with E-state index in [0.29, 0.717) is 16.7 Å². The van der Waals surface area contributed by atoms with Gasteiger partial charge >= 0.3 is 0 Å². The summed E-state index contributed by atoms with van der Waals surface area (Å²) < 4.78 is 26.6. The Balaban J connectivity index is 2.38. The maximum Gasteiger partial charge on any atom is 0.123 e. The average molecular weight is 239 g/mol. The van der Waals surface area contributed by atoms with E-state index in [1.165, 1.54) is 30.3 Å². The normalized spacial score (nSPS) is 11.7. The summed E-state index contributed by atoms with van der Waals surface area (Å²) in [4.78, 5) is 0. The molecule has 0 saturated heterocycles. The topological polar surface area (TPSA) is 23.8 Å². The van der Waals surface area contributed by atoms with Crippen molar-refractivity contribution in [2.75, 3.05) is 0 Å². The van der Waals surface area contributed by atoms with Crippen LogP contribution >= 0.6 is 0 Å². The third-order valence-electron chi connectivity index (χ3n) is 3.04. The summed E-state index contributed by atoms with van der Waals surface area (Å²) in [7, 11) is 0. The van der Waals surface area contributed by atoms with E-state index in [1.54, 1.807) is 12.1 Å². The van der Waals surface area contributed by atoms with E-state index in [1.807, 2.05) is 6.07 Å². The zero-order valence-electron chi connectivity index (χ0n) is 9.24. The molecular weight excluding hydrogens is 232 g/mol. The molecule has 0 spiro atoms. The molecular formula is C15H7F2N. The van der Waals surface area contributed by atoms with Crippen LogP contribution in [-0.2, 0) is 0 Å². The van der Waals surface area contributed by atoms with Crippen LogP contribution in [0.15, 0.2) is 42.5 Å². The minimum absolute atomic E-state index is 0.370. The molecule has 2 aromatic carbocycles. The number of halogens is 2. The fourth-order valence-corrected chi connectivity index (χ4v) is 2.31. The Hall–Kier alpha value is -2.47. The predicted molar refractivity (Wildman–Crippen MR) is 64.5 cm³/mol. The number of nitrogens with zero attached hydrogens (tertiary/aromatic N) is 1. The first kappa shape index (κ1) is 10.7. The van der Waals surface area contributed by atoms with Crippen LogP contribution in [0.1, 0.15) is 11.1 Å². The first-order chi connectivity index (χ1) is 8.70. The van der Waals surface area contributed by atoms with Crippen molar-refractivity contribution >= 4 is 5.57 Å². The van der Waals surface area contributed by atoms with Crippen molar-refractivity contribution < 1.29 is 8.78 Å². The van der Waals surface area contributed by atoms with Crippen molar-refractivity contribution in [3.8, 4) is 17.2 Å². The molecule has 0 radical (unpaired) electrons. The van der Waals surface area contributed by atoms with Crippen LogP contribution in [0.2, 0.25) is 0 Å². The summed E-state index contributed by atoms with van der Waals surface area (Å²) in [5.74, 6) is -0.739. The quantitative estimate of drug-likeness (QED) is 0.546. The smallest absolute Gasteiger partial charge is 0.123 e. The Labute approximate surface area is 103 Å². The van der Waals surface area contributed by atoms with E-state index in [4.69, 9.17) is 5.26 Å². The fourth-order valence-electron chi connectivity index (χ4n) is 2.31. The number of nitriles is 1. The van der Waals surface area contributed by atoms with Crippen LogP contribution in [0.25, 0.3) is 16.7 Å². The summed E-state index contributed by atoms with van der Waals surface area (Å²) in [5.41, 5.74) is 3.50. The second kappa shape index (κ2) is 3.78. The second-order valence-electron chi connectivity index (χ2n) is 4.07. The van der Waals surface area contributed by atoms with Gasteiger partial charge in [-0.25, -0.2) is 8.78 Å². The standard InChI is InChI=1S/C15H7F2N/c16-9-1-3-11-12-4-2-10(17)8-15(12)13(5-6-18)14(11)7-9/h1-5,7-8H. The van der Waals surface area contributed by atoms with Gasteiger partial charge in [-0.3, -0.25) is 0 Å². The average Bonchev–Trinajstić information content (AvgIpc) is 2.63. The first-order valence-corrected chi connectivity index (χ1v) is 5.40. The molecule has 1 aliphatic carbocycles. The van der Waals surface area contributed by atoms with Crippen LogP contribution in [0.4, 0.5) is 8.78 Å². The number of hydrogen-bond donors (Lipinski definition) is 0. The number of hydrogen-bond acceptors (Lipinski definition) is 1. The Morgan fingerprint density at radius 1 is 0.833 bits per heavy atom. The van der Waals surface area contributed by atoms with E-state index in [-0.39, 0.29) is 11.6 Å². The molecule has 2 aromatic rings. The SMILES string of the molecule is N#CC=C1c2cc(F)ccc2-c2ccc(F)cc21. The van der Waals surface area contributed by atoms with Gasteiger partial charge in [0.1, 0.15) is 11.6 Å². The number of allylic oxidation sites excluding steroid dienone is 1. The largest absolute Gasteiger partial charge is 0.207 e. The zero-order valence-corrected chi connectivity index (χ0v) is 9.24. The summed E-state index contributed by atoms with van der Waals surface area (Å²) in [6, 6.07) is 10.7. The van der Waals surface area contributed by atoms with Crippen LogP contribution in [0.3, 0.4) is 0 Å².